The lowest BCUT2D eigenvalue weighted by Gasteiger charge is -2.21. The van der Waals surface area contributed by atoms with Crippen LogP contribution < -0.4 is 5.56 Å². The van der Waals surface area contributed by atoms with Crippen LogP contribution in [0.5, 0.6) is 0 Å². The molecule has 6 nitrogen and oxygen atoms in total. The van der Waals surface area contributed by atoms with Crippen LogP contribution in [-0.4, -0.2) is 27.2 Å². The molecule has 1 N–H and O–H groups in total. The number of benzene rings is 1. The van der Waals surface area contributed by atoms with E-state index in [2.05, 4.69) is 20.8 Å². The number of rotatable bonds is 4. The fourth-order valence-corrected chi connectivity index (χ4v) is 2.74. The normalized spacial score (nSPS) is 11.9. The Bertz CT molecular complexity index is 958. The van der Waals surface area contributed by atoms with E-state index < -0.39 is 23.1 Å². The summed E-state index contributed by atoms with van der Waals surface area (Å²) in [5, 5.41) is 9.44. The SMILES string of the molecule is CC(C)(C)OC(=O)Cn1cc(-c2cccc(C(C)(C)C)c2)cc(C(=O)O)c1=O. The van der Waals surface area contributed by atoms with Gasteiger partial charge in [0.15, 0.2) is 0 Å². The van der Waals surface area contributed by atoms with Gasteiger partial charge in [-0.2, -0.15) is 0 Å². The maximum absolute atomic E-state index is 12.5. The molecule has 0 aliphatic carbocycles. The van der Waals surface area contributed by atoms with Crippen LogP contribution in [0.3, 0.4) is 0 Å². The fraction of sp³-hybridized carbons (Fsp3) is 0.409. The average molecular weight is 385 g/mol. The lowest BCUT2D eigenvalue weighted by atomic mass is 9.85. The highest BCUT2D eigenvalue weighted by molar-refractivity contribution is 5.89. The zero-order chi connectivity index (χ0) is 21.3. The van der Waals surface area contributed by atoms with E-state index in [1.807, 2.05) is 24.3 Å². The Labute approximate surface area is 164 Å². The molecule has 28 heavy (non-hydrogen) atoms. The Kier molecular flexibility index (Phi) is 5.83. The summed E-state index contributed by atoms with van der Waals surface area (Å²) < 4.78 is 6.35. The first-order chi connectivity index (χ1) is 12.8. The van der Waals surface area contributed by atoms with Crippen LogP contribution in [0, 0.1) is 0 Å². The first-order valence-electron chi connectivity index (χ1n) is 9.08. The lowest BCUT2D eigenvalue weighted by Crippen LogP contribution is -2.32. The number of esters is 1. The first kappa shape index (κ1) is 21.4. The summed E-state index contributed by atoms with van der Waals surface area (Å²) in [7, 11) is 0. The standard InChI is InChI=1S/C22H27NO5/c1-21(2,3)16-9-7-8-14(10-16)15-11-17(20(26)27)19(25)23(12-15)13-18(24)28-22(4,5)6/h7-12H,13H2,1-6H3,(H,26,27). The van der Waals surface area contributed by atoms with Gasteiger partial charge in [0.1, 0.15) is 17.7 Å². The molecular weight excluding hydrogens is 358 g/mol. The largest absolute Gasteiger partial charge is 0.477 e. The maximum Gasteiger partial charge on any atom is 0.341 e. The van der Waals surface area contributed by atoms with Gasteiger partial charge < -0.3 is 14.4 Å². The highest BCUT2D eigenvalue weighted by atomic mass is 16.6. The van der Waals surface area contributed by atoms with Crippen LogP contribution in [0.25, 0.3) is 11.1 Å². The molecular formula is C22H27NO5. The number of aromatic carboxylic acids is 1. The molecule has 0 unspecified atom stereocenters. The van der Waals surface area contributed by atoms with E-state index in [0.717, 1.165) is 15.7 Å². The molecule has 0 spiro atoms. The smallest absolute Gasteiger partial charge is 0.341 e. The number of hydrogen-bond donors (Lipinski definition) is 1. The zero-order valence-electron chi connectivity index (χ0n) is 17.2. The summed E-state index contributed by atoms with van der Waals surface area (Å²) in [6.07, 6.45) is 1.50. The van der Waals surface area contributed by atoms with Crippen LogP contribution in [0.4, 0.5) is 0 Å². The predicted octanol–water partition coefficient (Wildman–Crippen LogP) is 3.85. The number of hydrogen-bond acceptors (Lipinski definition) is 4. The van der Waals surface area contributed by atoms with E-state index in [4.69, 9.17) is 4.74 Å². The average Bonchev–Trinajstić information content (AvgIpc) is 2.54. The number of ether oxygens (including phenoxy) is 1. The third-order valence-corrected chi connectivity index (χ3v) is 4.10. The Balaban J connectivity index is 2.55. The maximum atomic E-state index is 12.5. The Morgan fingerprint density at radius 1 is 1.04 bits per heavy atom. The highest BCUT2D eigenvalue weighted by Gasteiger charge is 2.20. The molecule has 1 aromatic heterocycles. The number of carboxylic acid groups (broad SMARTS) is 1. The van der Waals surface area contributed by atoms with E-state index in [1.165, 1.54) is 12.3 Å². The van der Waals surface area contributed by atoms with Gasteiger partial charge in [-0.05, 0) is 48.9 Å². The molecule has 0 saturated heterocycles. The van der Waals surface area contributed by atoms with E-state index in [9.17, 15) is 19.5 Å². The molecule has 0 saturated carbocycles. The van der Waals surface area contributed by atoms with Crippen molar-refractivity contribution >= 4 is 11.9 Å². The summed E-state index contributed by atoms with van der Waals surface area (Å²) >= 11 is 0. The summed E-state index contributed by atoms with van der Waals surface area (Å²) in [6.45, 7) is 11.1. The number of nitrogens with zero attached hydrogens (tertiary/aromatic N) is 1. The van der Waals surface area contributed by atoms with Gasteiger partial charge in [-0.15, -0.1) is 0 Å². The second-order valence-electron chi connectivity index (χ2n) is 8.80. The molecule has 1 heterocycles. The van der Waals surface area contributed by atoms with Gasteiger partial charge in [0.05, 0.1) is 0 Å². The third kappa shape index (κ3) is 5.31. The monoisotopic (exact) mass is 385 g/mol. The van der Waals surface area contributed by atoms with E-state index >= 15 is 0 Å². The highest BCUT2D eigenvalue weighted by Crippen LogP contribution is 2.27. The Morgan fingerprint density at radius 2 is 1.68 bits per heavy atom. The number of pyridine rings is 1. The van der Waals surface area contributed by atoms with Crippen LogP contribution >= 0.6 is 0 Å². The zero-order valence-corrected chi connectivity index (χ0v) is 17.2. The molecule has 0 aliphatic rings. The minimum atomic E-state index is -1.34. The minimum Gasteiger partial charge on any atom is -0.477 e. The third-order valence-electron chi connectivity index (χ3n) is 4.10. The molecule has 150 valence electrons. The molecule has 0 atom stereocenters. The molecule has 2 rings (SSSR count). The van der Waals surface area contributed by atoms with Crippen LogP contribution in [0.1, 0.15) is 57.5 Å². The van der Waals surface area contributed by atoms with Crippen LogP contribution in [0.15, 0.2) is 41.3 Å². The minimum absolute atomic E-state index is 0.0867. The second-order valence-corrected chi connectivity index (χ2v) is 8.80. The molecule has 0 fully saturated rings. The van der Waals surface area contributed by atoms with Gasteiger partial charge in [-0.1, -0.05) is 45.0 Å². The number of carbonyl (C=O) groups excluding carboxylic acids is 1. The van der Waals surface area contributed by atoms with Crippen molar-refractivity contribution in [2.45, 2.75) is 59.1 Å². The van der Waals surface area contributed by atoms with E-state index in [-0.39, 0.29) is 17.5 Å². The number of aromatic nitrogens is 1. The first-order valence-corrected chi connectivity index (χ1v) is 9.08. The van der Waals surface area contributed by atoms with Gasteiger partial charge in [-0.3, -0.25) is 9.59 Å². The van der Waals surface area contributed by atoms with Crippen LogP contribution in [-0.2, 0) is 21.5 Å². The molecule has 1 aromatic carbocycles. The van der Waals surface area contributed by atoms with E-state index in [1.54, 1.807) is 20.8 Å². The molecule has 0 radical (unpaired) electrons. The Hall–Kier alpha value is -2.89. The lowest BCUT2D eigenvalue weighted by molar-refractivity contribution is -0.155. The van der Waals surface area contributed by atoms with Crippen molar-refractivity contribution in [3.63, 3.8) is 0 Å². The summed E-state index contributed by atoms with van der Waals surface area (Å²) in [5.41, 5.74) is 0.480. The van der Waals surface area contributed by atoms with Gasteiger partial charge in [0.25, 0.3) is 5.56 Å². The van der Waals surface area contributed by atoms with Gasteiger partial charge in [-0.25, -0.2) is 4.79 Å². The summed E-state index contributed by atoms with van der Waals surface area (Å²) in [6, 6.07) is 9.04. The molecule has 0 aliphatic heterocycles. The van der Waals surface area contributed by atoms with Gasteiger partial charge >= 0.3 is 11.9 Å². The summed E-state index contributed by atoms with van der Waals surface area (Å²) in [4.78, 5) is 36.2. The van der Waals surface area contributed by atoms with Gasteiger partial charge in [0, 0.05) is 6.20 Å². The molecule has 6 heteroatoms. The topological polar surface area (TPSA) is 85.6 Å². The second kappa shape index (κ2) is 7.62. The van der Waals surface area contributed by atoms with Crippen molar-refractivity contribution < 1.29 is 19.4 Å². The Morgan fingerprint density at radius 3 is 2.21 bits per heavy atom. The molecule has 0 amide bonds. The number of carbonyl (C=O) groups is 2. The summed E-state index contributed by atoms with van der Waals surface area (Å²) in [5.74, 6) is -1.94. The van der Waals surface area contributed by atoms with Crippen molar-refractivity contribution in [3.05, 3.63) is 58.0 Å². The van der Waals surface area contributed by atoms with Crippen molar-refractivity contribution in [3.8, 4) is 11.1 Å². The molecule has 2 aromatic rings. The van der Waals surface area contributed by atoms with Crippen molar-refractivity contribution in [1.82, 2.24) is 4.57 Å². The van der Waals surface area contributed by atoms with Crippen molar-refractivity contribution in [1.29, 1.82) is 0 Å². The molecule has 0 bridgehead atoms. The number of carboxylic acids is 1. The van der Waals surface area contributed by atoms with Crippen molar-refractivity contribution in [2.24, 2.45) is 0 Å². The quantitative estimate of drug-likeness (QED) is 0.808. The van der Waals surface area contributed by atoms with E-state index in [0.29, 0.717) is 5.56 Å². The fourth-order valence-electron chi connectivity index (χ4n) is 2.74. The predicted molar refractivity (Wildman–Crippen MR) is 108 cm³/mol. The van der Waals surface area contributed by atoms with Crippen molar-refractivity contribution in [2.75, 3.05) is 0 Å². The van der Waals surface area contributed by atoms with Crippen LogP contribution in [0.2, 0.25) is 0 Å². The van der Waals surface area contributed by atoms with Gasteiger partial charge in [0.2, 0.25) is 0 Å².